The fraction of sp³-hybridized carbons (Fsp3) is 0.380. The zero-order valence-electron chi connectivity index (χ0n) is 35.0. The van der Waals surface area contributed by atoms with Crippen molar-refractivity contribution in [3.63, 3.8) is 0 Å². The zero-order valence-corrected chi connectivity index (χ0v) is 35.0. The van der Waals surface area contributed by atoms with E-state index in [1.807, 2.05) is 54.6 Å². The quantitative estimate of drug-likeness (QED) is 0.0407. The number of aliphatic hydroxyl groups is 2. The SMILES string of the molecule is C=CCO[C@@]12Oc3ccc(Oc4cccc(C=O)c4)cc3[C@H]3[C@H](CCCCO)[C@@H](CCCCO)C=C(C(=NOCc4ccccc4)C[C@@H]1N(C)C(=O)c1ccc4c(c1)OCO4)[C@H]32. The Balaban J connectivity index is 1.30. The monoisotopic (exact) mass is 842 g/mol. The van der Waals surface area contributed by atoms with Crippen LogP contribution in [0.3, 0.4) is 0 Å². The van der Waals surface area contributed by atoms with Crippen molar-refractivity contribution in [3.05, 3.63) is 138 Å². The molecule has 62 heavy (non-hydrogen) atoms. The van der Waals surface area contributed by atoms with Crippen molar-refractivity contribution < 1.29 is 48.3 Å². The first kappa shape index (κ1) is 42.7. The molecule has 2 heterocycles. The molecule has 8 rings (SSSR count). The van der Waals surface area contributed by atoms with Crippen LogP contribution in [0.1, 0.15) is 82.7 Å². The third-order valence-corrected chi connectivity index (χ3v) is 12.5. The summed E-state index contributed by atoms with van der Waals surface area (Å²) in [5.41, 5.74) is 4.41. The summed E-state index contributed by atoms with van der Waals surface area (Å²) in [5.74, 6) is 0.396. The van der Waals surface area contributed by atoms with Gasteiger partial charge in [-0.15, -0.1) is 6.58 Å². The third-order valence-electron chi connectivity index (χ3n) is 12.5. The molecule has 4 aromatic carbocycles. The van der Waals surface area contributed by atoms with Crippen molar-refractivity contribution in [2.24, 2.45) is 22.9 Å². The Kier molecular flexibility index (Phi) is 13.4. The number of hydrogen-bond acceptors (Lipinski definition) is 11. The number of amides is 1. The topological polar surface area (TPSA) is 146 Å². The largest absolute Gasteiger partial charge is 0.459 e. The van der Waals surface area contributed by atoms with Gasteiger partial charge in [-0.05, 0) is 97.2 Å². The van der Waals surface area contributed by atoms with Crippen LogP contribution in [-0.2, 0) is 16.2 Å². The minimum Gasteiger partial charge on any atom is -0.459 e. The Morgan fingerprint density at radius 1 is 0.903 bits per heavy atom. The van der Waals surface area contributed by atoms with Crippen LogP contribution in [0.15, 0.2) is 120 Å². The summed E-state index contributed by atoms with van der Waals surface area (Å²) in [6, 6.07) is 27.1. The number of allylic oxidation sites excluding steroid dienone is 1. The molecule has 6 atom stereocenters. The maximum absolute atomic E-state index is 14.8. The Bertz CT molecular complexity index is 2290. The number of ether oxygens (including phenoxy) is 5. The highest BCUT2D eigenvalue weighted by molar-refractivity contribution is 6.03. The number of nitrogens with zero attached hydrogens (tertiary/aromatic N) is 2. The highest BCUT2D eigenvalue weighted by atomic mass is 16.7. The van der Waals surface area contributed by atoms with Gasteiger partial charge in [0.15, 0.2) is 11.5 Å². The van der Waals surface area contributed by atoms with Crippen LogP contribution in [0.2, 0.25) is 0 Å². The number of oxime groups is 1. The van der Waals surface area contributed by atoms with E-state index in [1.165, 1.54) is 0 Å². The molecule has 0 bridgehead atoms. The molecule has 0 unspecified atom stereocenters. The van der Waals surface area contributed by atoms with Crippen molar-refractivity contribution in [2.45, 2.75) is 69.3 Å². The number of hydrogen-bond donors (Lipinski definition) is 2. The third kappa shape index (κ3) is 8.72. The van der Waals surface area contributed by atoms with E-state index in [0.29, 0.717) is 58.4 Å². The van der Waals surface area contributed by atoms with Crippen LogP contribution in [0.4, 0.5) is 0 Å². The first-order chi connectivity index (χ1) is 30.4. The van der Waals surface area contributed by atoms with Gasteiger partial charge in [-0.1, -0.05) is 72.6 Å². The summed E-state index contributed by atoms with van der Waals surface area (Å²) in [7, 11) is 1.77. The number of unbranched alkanes of at least 4 members (excludes halogenated alkanes) is 2. The molecule has 12 heteroatoms. The standard InChI is InChI=1S/C50H54N2O10/c1-3-24-59-50-46(52(2)49(56)36-18-20-44-45(27-36)58-32-57-44)29-42(51-60-31-33-12-5-4-6-13-33)40-26-35(15-7-9-22-53)39(17-8-10-23-54)47(48(40)50)41-28-38(19-21-43(41)62-50)61-37-16-11-14-34(25-37)30-55/h3-6,11-14,16,18-21,25-28,30,35,39,46-48,53-54H,1,7-10,15,17,22-24,29,31-32H2,2H3/t35-,39+,46-,47+,48+,50+/m0/s1. The molecule has 1 fully saturated rings. The number of carbonyl (C=O) groups excluding carboxylic acids is 2. The van der Waals surface area contributed by atoms with Crippen LogP contribution >= 0.6 is 0 Å². The molecule has 12 nitrogen and oxygen atoms in total. The summed E-state index contributed by atoms with van der Waals surface area (Å²) in [6.07, 6.45) is 9.53. The van der Waals surface area contributed by atoms with Crippen molar-refractivity contribution in [1.82, 2.24) is 4.90 Å². The number of aldehydes is 1. The van der Waals surface area contributed by atoms with Gasteiger partial charge in [0.05, 0.1) is 18.2 Å². The van der Waals surface area contributed by atoms with E-state index >= 15 is 0 Å². The van der Waals surface area contributed by atoms with E-state index < -0.39 is 17.7 Å². The lowest BCUT2D eigenvalue weighted by Gasteiger charge is -2.59. The molecule has 1 amide bonds. The average molecular weight is 843 g/mol. The Morgan fingerprint density at radius 2 is 1.68 bits per heavy atom. The number of likely N-dealkylation sites (N-methyl/N-ethyl adjacent to an activating group) is 1. The predicted molar refractivity (Wildman–Crippen MR) is 233 cm³/mol. The molecule has 2 N–H and O–H groups in total. The minimum absolute atomic E-state index is 0.0251. The molecule has 0 aromatic heterocycles. The van der Waals surface area contributed by atoms with Gasteiger partial charge in [-0.2, -0.15) is 0 Å². The van der Waals surface area contributed by atoms with Crippen LogP contribution in [0, 0.1) is 17.8 Å². The summed E-state index contributed by atoms with van der Waals surface area (Å²) in [5, 5.41) is 24.8. The lowest BCUT2D eigenvalue weighted by molar-refractivity contribution is -0.252. The highest BCUT2D eigenvalue weighted by Crippen LogP contribution is 2.62. The second-order valence-corrected chi connectivity index (χ2v) is 16.3. The summed E-state index contributed by atoms with van der Waals surface area (Å²) in [4.78, 5) is 34.3. The molecule has 2 aliphatic heterocycles. The molecular formula is C50H54N2O10. The van der Waals surface area contributed by atoms with E-state index in [9.17, 15) is 19.8 Å². The van der Waals surface area contributed by atoms with Crippen LogP contribution in [-0.4, -0.2) is 78.5 Å². The van der Waals surface area contributed by atoms with Crippen LogP contribution in [0.25, 0.3) is 0 Å². The first-order valence-electron chi connectivity index (χ1n) is 21.5. The second kappa shape index (κ2) is 19.4. The van der Waals surface area contributed by atoms with Crippen molar-refractivity contribution in [2.75, 3.05) is 33.7 Å². The molecule has 1 saturated carbocycles. The average Bonchev–Trinajstić information content (AvgIpc) is 3.78. The van der Waals surface area contributed by atoms with Gasteiger partial charge in [0, 0.05) is 49.3 Å². The lowest BCUT2D eigenvalue weighted by Crippen LogP contribution is -2.69. The van der Waals surface area contributed by atoms with E-state index in [0.717, 1.165) is 48.7 Å². The summed E-state index contributed by atoms with van der Waals surface area (Å²) >= 11 is 0. The van der Waals surface area contributed by atoms with Gasteiger partial charge in [0.2, 0.25) is 12.6 Å². The Morgan fingerprint density at radius 3 is 2.47 bits per heavy atom. The molecule has 0 saturated heterocycles. The van der Waals surface area contributed by atoms with Gasteiger partial charge < -0.3 is 43.6 Å². The van der Waals surface area contributed by atoms with Gasteiger partial charge in [-0.25, -0.2) is 0 Å². The fourth-order valence-electron chi connectivity index (χ4n) is 9.71. The molecule has 2 aliphatic carbocycles. The van der Waals surface area contributed by atoms with Gasteiger partial charge in [-0.3, -0.25) is 9.59 Å². The lowest BCUT2D eigenvalue weighted by atomic mass is 9.55. The van der Waals surface area contributed by atoms with Crippen LogP contribution in [0.5, 0.6) is 28.7 Å². The summed E-state index contributed by atoms with van der Waals surface area (Å²) < 4.78 is 32.0. The van der Waals surface area contributed by atoms with Crippen molar-refractivity contribution >= 4 is 17.9 Å². The van der Waals surface area contributed by atoms with Crippen molar-refractivity contribution in [3.8, 4) is 28.7 Å². The number of benzene rings is 4. The van der Waals surface area contributed by atoms with Crippen LogP contribution < -0.4 is 18.9 Å². The predicted octanol–water partition coefficient (Wildman–Crippen LogP) is 8.63. The molecule has 0 spiro atoms. The molecule has 0 radical (unpaired) electrons. The number of fused-ring (bicyclic) bond motifs is 3. The van der Waals surface area contributed by atoms with Gasteiger partial charge >= 0.3 is 0 Å². The maximum atomic E-state index is 14.8. The van der Waals surface area contributed by atoms with Gasteiger partial charge in [0.25, 0.3) is 5.91 Å². The van der Waals surface area contributed by atoms with Crippen molar-refractivity contribution in [1.29, 1.82) is 0 Å². The van der Waals surface area contributed by atoms with E-state index in [1.54, 1.807) is 54.4 Å². The van der Waals surface area contributed by atoms with E-state index in [-0.39, 0.29) is 63.3 Å². The smallest absolute Gasteiger partial charge is 0.254 e. The van der Waals surface area contributed by atoms with E-state index in [2.05, 4.69) is 12.7 Å². The molecule has 4 aliphatic rings. The number of rotatable bonds is 19. The molecule has 324 valence electrons. The second-order valence-electron chi connectivity index (χ2n) is 16.3. The zero-order chi connectivity index (χ0) is 43.1. The summed E-state index contributed by atoms with van der Waals surface area (Å²) in [6.45, 7) is 4.65. The molecule has 4 aromatic rings. The minimum atomic E-state index is -1.43. The normalized spacial score (nSPS) is 23.6. The fourth-order valence-corrected chi connectivity index (χ4v) is 9.71. The van der Waals surface area contributed by atoms with Gasteiger partial charge in [0.1, 0.15) is 36.2 Å². The maximum Gasteiger partial charge on any atom is 0.254 e. The Labute approximate surface area is 362 Å². The highest BCUT2D eigenvalue weighted by Gasteiger charge is 2.65. The van der Waals surface area contributed by atoms with E-state index in [4.69, 9.17) is 33.7 Å². The number of aliphatic hydroxyl groups excluding tert-OH is 2. The first-order valence-corrected chi connectivity index (χ1v) is 21.5. The Hall–Kier alpha value is -5.95. The number of carbonyl (C=O) groups is 2. The molecular weight excluding hydrogens is 789 g/mol.